The average Bonchev–Trinajstić information content (AvgIpc) is 3.36. The van der Waals surface area contributed by atoms with Crippen molar-refractivity contribution in [1.29, 1.82) is 0 Å². The summed E-state index contributed by atoms with van der Waals surface area (Å²) in [6, 6.07) is 22.0. The van der Waals surface area contributed by atoms with Crippen molar-refractivity contribution >= 4 is 18.0 Å². The maximum absolute atomic E-state index is 13.6. The van der Waals surface area contributed by atoms with Crippen LogP contribution in [-0.2, 0) is 32.6 Å². The summed E-state index contributed by atoms with van der Waals surface area (Å²) in [4.78, 5) is 30.9. The molecular weight excluding hydrogens is 552 g/mol. The van der Waals surface area contributed by atoms with Crippen LogP contribution in [0.25, 0.3) is 6.08 Å². The smallest absolute Gasteiger partial charge is 0.303 e. The number of ether oxygens (including phenoxy) is 2. The van der Waals surface area contributed by atoms with E-state index in [4.69, 9.17) is 9.47 Å². The zero-order chi connectivity index (χ0) is 30.6. The first-order chi connectivity index (χ1) is 21.2. The highest BCUT2D eigenvalue weighted by Gasteiger charge is 2.75. The molecule has 7 heteroatoms. The standard InChI is InChI=1S/C37H40N2O5/c1-24-8-7-11-27(22-24)12-15-32(42)38(3)29-16-18-37(44-25(2)40)31-23-28-13-14-30(41)34-33(28)36(37,35(29)43-34)19-21-39(31)20-17-26-9-5-4-6-10-26/h4-15,22,29,31,35,41H,16-21,23H2,1-3H3/t29-,31-,35+,36+,37-/m1/s1. The summed E-state index contributed by atoms with van der Waals surface area (Å²) in [5, 5.41) is 11.1. The Balaban J connectivity index is 1.27. The van der Waals surface area contributed by atoms with E-state index in [1.54, 1.807) is 17.0 Å². The van der Waals surface area contributed by atoms with Gasteiger partial charge in [-0.1, -0.05) is 66.2 Å². The lowest BCUT2D eigenvalue weighted by atomic mass is 9.48. The Morgan fingerprint density at radius 1 is 1.11 bits per heavy atom. The molecule has 2 fully saturated rings. The maximum Gasteiger partial charge on any atom is 0.303 e. The van der Waals surface area contributed by atoms with E-state index < -0.39 is 17.1 Å². The molecular formula is C37H40N2O5. The molecule has 0 unspecified atom stereocenters. The van der Waals surface area contributed by atoms with Gasteiger partial charge in [0, 0.05) is 32.2 Å². The largest absolute Gasteiger partial charge is 0.504 e. The third-order valence-corrected chi connectivity index (χ3v) is 10.7. The fourth-order valence-electron chi connectivity index (χ4n) is 8.84. The van der Waals surface area contributed by atoms with Crippen molar-refractivity contribution in [3.8, 4) is 11.5 Å². The van der Waals surface area contributed by atoms with Gasteiger partial charge in [-0.15, -0.1) is 0 Å². The number of amides is 1. The molecule has 1 saturated heterocycles. The number of aromatic hydroxyl groups is 1. The van der Waals surface area contributed by atoms with Crippen LogP contribution in [-0.4, -0.2) is 70.7 Å². The first kappa shape index (κ1) is 28.7. The van der Waals surface area contributed by atoms with Crippen LogP contribution in [0.5, 0.6) is 11.5 Å². The first-order valence-corrected chi connectivity index (χ1v) is 15.7. The van der Waals surface area contributed by atoms with Crippen molar-refractivity contribution in [2.45, 2.75) is 75.2 Å². The lowest BCUT2D eigenvalue weighted by Crippen LogP contribution is -2.79. The van der Waals surface area contributed by atoms with Gasteiger partial charge in [-0.25, -0.2) is 0 Å². The van der Waals surface area contributed by atoms with E-state index in [-0.39, 0.29) is 29.7 Å². The van der Waals surface area contributed by atoms with Crippen molar-refractivity contribution in [3.63, 3.8) is 0 Å². The second-order valence-corrected chi connectivity index (χ2v) is 13.0. The summed E-state index contributed by atoms with van der Waals surface area (Å²) in [6.45, 7) is 5.19. The minimum absolute atomic E-state index is 0.0406. The minimum atomic E-state index is -0.831. The molecule has 2 bridgehead atoms. The number of carbonyl (C=O) groups is 2. The van der Waals surface area contributed by atoms with Gasteiger partial charge in [0.1, 0.15) is 11.7 Å². The summed E-state index contributed by atoms with van der Waals surface area (Å²) in [5.74, 6) is 0.174. The van der Waals surface area contributed by atoms with Gasteiger partial charge in [0.05, 0.1) is 17.5 Å². The molecule has 1 N–H and O–H groups in total. The number of carbonyl (C=O) groups excluding carboxylic acids is 2. The summed E-state index contributed by atoms with van der Waals surface area (Å²) >= 11 is 0. The Morgan fingerprint density at radius 2 is 1.93 bits per heavy atom. The second kappa shape index (κ2) is 10.8. The second-order valence-electron chi connectivity index (χ2n) is 13.0. The minimum Gasteiger partial charge on any atom is -0.504 e. The van der Waals surface area contributed by atoms with Crippen molar-refractivity contribution < 1.29 is 24.2 Å². The first-order valence-electron chi connectivity index (χ1n) is 15.7. The molecule has 7 nitrogen and oxygen atoms in total. The van der Waals surface area contributed by atoms with Crippen LogP contribution in [0.3, 0.4) is 0 Å². The molecule has 1 saturated carbocycles. The Labute approximate surface area is 259 Å². The van der Waals surface area contributed by atoms with Gasteiger partial charge in [-0.2, -0.15) is 0 Å². The molecule has 5 atom stereocenters. The Morgan fingerprint density at radius 3 is 2.70 bits per heavy atom. The quantitative estimate of drug-likeness (QED) is 0.300. The highest BCUT2D eigenvalue weighted by Crippen LogP contribution is 2.67. The van der Waals surface area contributed by atoms with Gasteiger partial charge in [0.2, 0.25) is 5.91 Å². The van der Waals surface area contributed by atoms with Gasteiger partial charge in [-0.3, -0.25) is 14.5 Å². The maximum atomic E-state index is 13.6. The molecule has 1 spiro atoms. The molecule has 3 aromatic carbocycles. The average molecular weight is 593 g/mol. The molecule has 0 radical (unpaired) electrons. The third-order valence-electron chi connectivity index (χ3n) is 10.7. The fourth-order valence-corrected chi connectivity index (χ4v) is 8.84. The molecule has 2 aliphatic carbocycles. The molecule has 0 aromatic heterocycles. The van der Waals surface area contributed by atoms with Crippen LogP contribution in [0.1, 0.15) is 54.0 Å². The van der Waals surface area contributed by atoms with E-state index >= 15 is 0 Å². The molecule has 1 amide bonds. The Hall–Kier alpha value is -4.10. The zero-order valence-electron chi connectivity index (χ0n) is 25.7. The van der Waals surface area contributed by atoms with Gasteiger partial charge in [0.15, 0.2) is 11.5 Å². The third kappa shape index (κ3) is 4.35. The molecule has 3 aromatic rings. The number of likely N-dealkylation sites (tertiary alicyclic amines) is 1. The van der Waals surface area contributed by atoms with Crippen molar-refractivity contribution in [1.82, 2.24) is 9.80 Å². The van der Waals surface area contributed by atoms with E-state index in [9.17, 15) is 14.7 Å². The number of phenols is 1. The SMILES string of the molecule is CC(=O)O[C@@]12CC[C@@H](N(C)C(=O)C=Cc3cccc(C)c3)[C@@H]3Oc4c(O)ccc5c4[C@@]31CCN(CCc1ccccc1)[C@@H]2C5. The number of rotatable bonds is 7. The summed E-state index contributed by atoms with van der Waals surface area (Å²) in [6.07, 6.45) is 6.57. The predicted molar refractivity (Wildman–Crippen MR) is 169 cm³/mol. The normalized spacial score (nSPS) is 28.3. The van der Waals surface area contributed by atoms with Crippen LogP contribution in [0.15, 0.2) is 72.8 Å². The van der Waals surface area contributed by atoms with Crippen LogP contribution in [0, 0.1) is 6.92 Å². The van der Waals surface area contributed by atoms with E-state index in [1.165, 1.54) is 12.5 Å². The number of aryl methyl sites for hydroxylation is 1. The van der Waals surface area contributed by atoms with Crippen LogP contribution in [0.2, 0.25) is 0 Å². The zero-order valence-corrected chi connectivity index (χ0v) is 25.7. The fraction of sp³-hybridized carbons (Fsp3) is 0.405. The number of phenolic OH excluding ortho intramolecular Hbond substituents is 1. The number of likely N-dealkylation sites (N-methyl/N-ethyl adjacent to an activating group) is 1. The highest BCUT2D eigenvalue weighted by atomic mass is 16.6. The number of hydrogen-bond donors (Lipinski definition) is 1. The lowest BCUT2D eigenvalue weighted by Gasteiger charge is -2.65. The van der Waals surface area contributed by atoms with E-state index in [0.29, 0.717) is 31.4 Å². The van der Waals surface area contributed by atoms with E-state index in [1.807, 2.05) is 56.4 Å². The van der Waals surface area contributed by atoms with Crippen LogP contribution in [0.4, 0.5) is 0 Å². The van der Waals surface area contributed by atoms with Gasteiger partial charge in [0.25, 0.3) is 0 Å². The monoisotopic (exact) mass is 592 g/mol. The number of nitrogens with zero attached hydrogens (tertiary/aromatic N) is 2. The summed E-state index contributed by atoms with van der Waals surface area (Å²) in [7, 11) is 1.84. The lowest BCUT2D eigenvalue weighted by molar-refractivity contribution is -0.223. The Kier molecular flexibility index (Phi) is 7.04. The van der Waals surface area contributed by atoms with Gasteiger partial charge >= 0.3 is 5.97 Å². The molecule has 228 valence electrons. The number of benzene rings is 3. The van der Waals surface area contributed by atoms with Crippen molar-refractivity contribution in [2.24, 2.45) is 0 Å². The molecule has 2 heterocycles. The highest BCUT2D eigenvalue weighted by molar-refractivity contribution is 5.92. The topological polar surface area (TPSA) is 79.3 Å². The predicted octanol–water partition coefficient (Wildman–Crippen LogP) is 5.21. The Bertz CT molecular complexity index is 1640. The number of piperidine rings is 1. The van der Waals surface area contributed by atoms with E-state index in [2.05, 4.69) is 29.2 Å². The van der Waals surface area contributed by atoms with E-state index in [0.717, 1.165) is 41.8 Å². The molecule has 4 aliphatic rings. The summed E-state index contributed by atoms with van der Waals surface area (Å²) in [5.41, 5.74) is 3.99. The summed E-state index contributed by atoms with van der Waals surface area (Å²) < 4.78 is 13.3. The van der Waals surface area contributed by atoms with Gasteiger partial charge in [-0.05, 0) is 74.4 Å². The van der Waals surface area contributed by atoms with Crippen LogP contribution < -0.4 is 4.74 Å². The van der Waals surface area contributed by atoms with Crippen molar-refractivity contribution in [2.75, 3.05) is 20.1 Å². The van der Waals surface area contributed by atoms with Crippen LogP contribution >= 0.6 is 0 Å². The molecule has 2 aliphatic heterocycles. The molecule has 7 rings (SSSR count). The van der Waals surface area contributed by atoms with Crippen molar-refractivity contribution in [3.05, 3.63) is 101 Å². The van der Waals surface area contributed by atoms with Gasteiger partial charge < -0.3 is 19.5 Å². The number of hydrogen-bond acceptors (Lipinski definition) is 6. The molecule has 44 heavy (non-hydrogen) atoms. The number of esters is 1.